The summed E-state index contributed by atoms with van der Waals surface area (Å²) in [6.07, 6.45) is 0.897. The molecule has 1 heterocycles. The molecule has 1 aromatic carbocycles. The fraction of sp³-hybridized carbons (Fsp3) is 0.696. The third-order valence-corrected chi connectivity index (χ3v) is 7.55. The van der Waals surface area contributed by atoms with Gasteiger partial charge in [-0.3, -0.25) is 0 Å². The Bertz CT molecular complexity index is 798. The summed E-state index contributed by atoms with van der Waals surface area (Å²) in [5.74, 6) is 0. The Morgan fingerprint density at radius 2 is 1.79 bits per heavy atom. The zero-order valence-electron chi connectivity index (χ0n) is 19.3. The molecule has 1 saturated heterocycles. The Hall–Kier alpha value is -1.06. The molecule has 3 unspecified atom stereocenters. The summed E-state index contributed by atoms with van der Waals surface area (Å²) in [5, 5.41) is -0.0474. The zero-order chi connectivity index (χ0) is 21.9. The largest absolute Gasteiger partial charge is 0.444 e. The van der Waals surface area contributed by atoms with Gasteiger partial charge in [-0.2, -0.15) is 0 Å². The second-order valence-electron chi connectivity index (χ2n) is 11.2. The molecule has 159 valence electrons. The molecule has 1 amide bonds. The highest BCUT2D eigenvalue weighted by molar-refractivity contribution is 7.19. The molecule has 2 aliphatic rings. The van der Waals surface area contributed by atoms with E-state index >= 15 is 0 Å². The highest BCUT2D eigenvalue weighted by Crippen LogP contribution is 2.68. The predicted molar refractivity (Wildman–Crippen MR) is 123 cm³/mol. The molecule has 1 aliphatic carbocycles. The summed E-state index contributed by atoms with van der Waals surface area (Å²) in [7, 11) is 4.73. The first kappa shape index (κ1) is 22.6. The average Bonchev–Trinajstić information content (AvgIpc) is 3.03. The van der Waals surface area contributed by atoms with Crippen molar-refractivity contribution in [3.63, 3.8) is 0 Å². The zero-order valence-corrected chi connectivity index (χ0v) is 20.4. The first-order chi connectivity index (χ1) is 13.1. The van der Waals surface area contributed by atoms with Crippen LogP contribution in [0.5, 0.6) is 0 Å². The topological polar surface area (TPSA) is 38.8 Å². The third-order valence-electron chi connectivity index (χ3n) is 6.86. The molecule has 29 heavy (non-hydrogen) atoms. The lowest BCUT2D eigenvalue weighted by atomic mass is 9.80. The molecule has 6 heteroatoms. The molecule has 1 saturated carbocycles. The molecule has 0 bridgehead atoms. The lowest BCUT2D eigenvalue weighted by Gasteiger charge is -2.39. The van der Waals surface area contributed by atoms with Crippen molar-refractivity contribution in [3.05, 3.63) is 29.8 Å². The summed E-state index contributed by atoms with van der Waals surface area (Å²) in [6.45, 7) is 18.0. The Morgan fingerprint density at radius 3 is 2.38 bits per heavy atom. The monoisotopic (exact) mass is 416 g/mol. The quantitative estimate of drug-likeness (QED) is 0.532. The van der Waals surface area contributed by atoms with E-state index in [2.05, 4.69) is 68.1 Å². The number of rotatable bonds is 5. The standard InChI is InChI=1S/C23H36BNO3P/c1-19(2,3)27-18(26)25-14-22(8)13-23(22,15-25)16-10-9-11-17(12-16)24-28-20(4,5)21(6,7)29/h9-12H,13-15,29H2,1-8H3. The maximum absolute atomic E-state index is 12.6. The number of piperidine rings is 1. The number of nitrogens with zero attached hydrogens (tertiary/aromatic N) is 1. The molecule has 0 aromatic heterocycles. The van der Waals surface area contributed by atoms with Gasteiger partial charge in [-0.05, 0) is 52.0 Å². The average molecular weight is 416 g/mol. The van der Waals surface area contributed by atoms with Gasteiger partial charge < -0.3 is 14.3 Å². The third kappa shape index (κ3) is 4.37. The van der Waals surface area contributed by atoms with E-state index < -0.39 is 5.60 Å². The molecule has 1 aliphatic heterocycles. The van der Waals surface area contributed by atoms with Crippen molar-refractivity contribution in [1.82, 2.24) is 4.90 Å². The van der Waals surface area contributed by atoms with Crippen molar-refractivity contribution in [2.75, 3.05) is 13.1 Å². The fourth-order valence-corrected chi connectivity index (χ4v) is 4.22. The van der Waals surface area contributed by atoms with E-state index in [0.29, 0.717) is 6.54 Å². The van der Waals surface area contributed by atoms with Crippen LogP contribution in [0.2, 0.25) is 0 Å². The van der Waals surface area contributed by atoms with Gasteiger partial charge in [-0.15, -0.1) is 9.24 Å². The summed E-state index contributed by atoms with van der Waals surface area (Å²) in [4.78, 5) is 14.5. The Balaban J connectivity index is 1.73. The lowest BCUT2D eigenvalue weighted by Crippen LogP contribution is -2.45. The van der Waals surface area contributed by atoms with Crippen LogP contribution >= 0.6 is 9.24 Å². The molecule has 4 nitrogen and oxygen atoms in total. The number of hydrogen-bond acceptors (Lipinski definition) is 3. The van der Waals surface area contributed by atoms with Crippen LogP contribution < -0.4 is 5.46 Å². The van der Waals surface area contributed by atoms with Gasteiger partial charge in [0.1, 0.15) is 5.60 Å². The van der Waals surface area contributed by atoms with Gasteiger partial charge in [0.05, 0.1) is 5.60 Å². The van der Waals surface area contributed by atoms with Crippen molar-refractivity contribution in [2.24, 2.45) is 5.41 Å². The van der Waals surface area contributed by atoms with Crippen LogP contribution in [0.25, 0.3) is 0 Å². The van der Waals surface area contributed by atoms with Crippen LogP contribution in [0, 0.1) is 5.41 Å². The van der Waals surface area contributed by atoms with Gasteiger partial charge in [0.25, 0.3) is 0 Å². The normalized spacial score (nSPS) is 26.9. The van der Waals surface area contributed by atoms with Crippen LogP contribution in [0.3, 0.4) is 0 Å². The number of amides is 1. The molecule has 2 fully saturated rings. The fourth-order valence-electron chi connectivity index (χ4n) is 4.15. The van der Waals surface area contributed by atoms with E-state index in [0.717, 1.165) is 18.4 Å². The molecule has 3 atom stereocenters. The van der Waals surface area contributed by atoms with Crippen molar-refractivity contribution in [3.8, 4) is 0 Å². The van der Waals surface area contributed by atoms with Gasteiger partial charge >= 0.3 is 13.6 Å². The van der Waals surface area contributed by atoms with E-state index in [9.17, 15) is 4.79 Å². The van der Waals surface area contributed by atoms with Crippen LogP contribution in [0.4, 0.5) is 4.79 Å². The SMILES string of the molecule is CC(C)(C)OC(=O)N1CC2(C)CC2(c2cccc([B]OC(C)(C)C(C)(C)P)c2)C1. The molecule has 1 aromatic rings. The number of hydrogen-bond donors (Lipinski definition) is 0. The number of likely N-dealkylation sites (tertiary alicyclic amines) is 1. The summed E-state index contributed by atoms with van der Waals surface area (Å²) in [6, 6.07) is 8.57. The molecule has 0 N–H and O–H groups in total. The maximum atomic E-state index is 12.6. The minimum absolute atomic E-state index is 0.0170. The van der Waals surface area contributed by atoms with Crippen LogP contribution in [-0.2, 0) is 14.8 Å². The van der Waals surface area contributed by atoms with E-state index in [1.165, 1.54) is 5.56 Å². The first-order valence-corrected chi connectivity index (χ1v) is 11.0. The van der Waals surface area contributed by atoms with Gasteiger partial charge in [-0.25, -0.2) is 4.79 Å². The van der Waals surface area contributed by atoms with Gasteiger partial charge in [0.15, 0.2) is 0 Å². The van der Waals surface area contributed by atoms with Crippen molar-refractivity contribution in [2.45, 2.75) is 83.6 Å². The second-order valence-corrected chi connectivity index (χ2v) is 12.7. The van der Waals surface area contributed by atoms with Crippen LogP contribution in [0.15, 0.2) is 24.3 Å². The first-order valence-electron chi connectivity index (χ1n) is 10.5. The highest BCUT2D eigenvalue weighted by Gasteiger charge is 2.70. The predicted octanol–water partition coefficient (Wildman–Crippen LogP) is 4.28. The van der Waals surface area contributed by atoms with Crippen LogP contribution in [0.1, 0.15) is 67.4 Å². The molecule has 3 rings (SSSR count). The van der Waals surface area contributed by atoms with Gasteiger partial charge in [0.2, 0.25) is 0 Å². The summed E-state index contributed by atoms with van der Waals surface area (Å²) >= 11 is 0. The number of fused-ring (bicyclic) bond motifs is 1. The molecular formula is C23H36BNO3P. The van der Waals surface area contributed by atoms with E-state index in [1.807, 2.05) is 33.2 Å². The number of ether oxygens (including phenoxy) is 1. The smallest absolute Gasteiger partial charge is 0.410 e. The van der Waals surface area contributed by atoms with E-state index in [1.54, 1.807) is 0 Å². The van der Waals surface area contributed by atoms with Gasteiger partial charge in [0, 0.05) is 23.7 Å². The lowest BCUT2D eigenvalue weighted by molar-refractivity contribution is 0.0261. The van der Waals surface area contributed by atoms with Gasteiger partial charge in [-0.1, -0.05) is 50.5 Å². The number of carbonyl (C=O) groups excluding carboxylic acids is 1. The van der Waals surface area contributed by atoms with Crippen molar-refractivity contribution in [1.29, 1.82) is 0 Å². The molecule has 1 radical (unpaired) electrons. The highest BCUT2D eigenvalue weighted by atomic mass is 31.0. The Morgan fingerprint density at radius 1 is 1.14 bits per heavy atom. The summed E-state index contributed by atoms with van der Waals surface area (Å²) in [5.41, 5.74) is 1.70. The summed E-state index contributed by atoms with van der Waals surface area (Å²) < 4.78 is 11.8. The van der Waals surface area contributed by atoms with Crippen LogP contribution in [-0.4, -0.2) is 47.9 Å². The number of carbonyl (C=O) groups is 1. The Labute approximate surface area is 179 Å². The maximum Gasteiger partial charge on any atom is 0.410 e. The van der Waals surface area contributed by atoms with E-state index in [4.69, 9.17) is 9.39 Å². The minimum atomic E-state index is -0.470. The molecule has 0 spiro atoms. The second kappa shape index (κ2) is 6.99. The van der Waals surface area contributed by atoms with Crippen molar-refractivity contribution < 1.29 is 14.2 Å². The molecular weight excluding hydrogens is 380 g/mol. The van der Waals surface area contributed by atoms with Crippen molar-refractivity contribution >= 4 is 28.3 Å². The minimum Gasteiger partial charge on any atom is -0.444 e. The number of benzene rings is 1. The Kier molecular flexibility index (Phi) is 5.45. The van der Waals surface area contributed by atoms with E-state index in [-0.39, 0.29) is 27.7 Å².